The molecule has 1 atom stereocenters. The van der Waals surface area contributed by atoms with Gasteiger partial charge in [0.05, 0.1) is 22.9 Å². The van der Waals surface area contributed by atoms with Gasteiger partial charge in [0, 0.05) is 24.3 Å². The minimum absolute atomic E-state index is 0.0157. The van der Waals surface area contributed by atoms with Crippen LogP contribution < -0.4 is 11.1 Å². The number of carbonyl (C=O) groups is 1. The molecule has 10 nitrogen and oxygen atoms in total. The van der Waals surface area contributed by atoms with Gasteiger partial charge in [0.2, 0.25) is 0 Å². The van der Waals surface area contributed by atoms with Gasteiger partial charge >= 0.3 is 12.7 Å². The third-order valence-corrected chi connectivity index (χ3v) is 7.74. The van der Waals surface area contributed by atoms with E-state index in [2.05, 4.69) is 20.4 Å². The number of hydrogen-bond acceptors (Lipinski definition) is 7. The van der Waals surface area contributed by atoms with Crippen molar-refractivity contribution in [3.8, 4) is 28.5 Å². The fourth-order valence-corrected chi connectivity index (χ4v) is 5.55. The van der Waals surface area contributed by atoms with Gasteiger partial charge in [-0.25, -0.2) is 19.6 Å². The first-order chi connectivity index (χ1) is 22.1. The Labute approximate surface area is 256 Å². The topological polar surface area (TPSA) is 129 Å². The van der Waals surface area contributed by atoms with Crippen LogP contribution in [0.25, 0.3) is 39.6 Å². The van der Waals surface area contributed by atoms with Crippen LogP contribution in [-0.2, 0) is 12.6 Å². The standard InChI is InChI=1S/C31H22F5N9O/c32-30(33)44-13-11-23(43-44)22-8-9-24-28(40-22)45(27(41-24)20-2-1-12-38-26(20)37)18-5-6-19-16(14-18)3-7-21(19)42-29(46)17-4-10-25(39-15-17)31(34,35)36/h1-2,4-6,8-15,21,30H,3,7H2,(H2,37,38)(H,42,46)/t21-/m0/s1. The molecule has 1 aromatic carbocycles. The number of nitrogens with zero attached hydrogens (tertiary/aromatic N) is 7. The van der Waals surface area contributed by atoms with Crippen molar-refractivity contribution in [2.45, 2.75) is 31.6 Å². The summed E-state index contributed by atoms with van der Waals surface area (Å²) in [6.07, 6.45) is 0.225. The van der Waals surface area contributed by atoms with E-state index in [-0.39, 0.29) is 23.1 Å². The van der Waals surface area contributed by atoms with Crippen LogP contribution in [-0.4, -0.2) is 40.2 Å². The van der Waals surface area contributed by atoms with Crippen LogP contribution in [0, 0.1) is 0 Å². The number of alkyl halides is 5. The number of aromatic nitrogens is 7. The Bertz CT molecular complexity index is 2100. The summed E-state index contributed by atoms with van der Waals surface area (Å²) in [5.41, 5.74) is 9.77. The lowest BCUT2D eigenvalue weighted by atomic mass is 10.1. The molecule has 0 aliphatic heterocycles. The number of nitrogen functional groups attached to an aromatic ring is 1. The molecule has 3 N–H and O–H groups in total. The summed E-state index contributed by atoms with van der Waals surface area (Å²) >= 11 is 0. The Balaban J connectivity index is 1.26. The van der Waals surface area contributed by atoms with Crippen LogP contribution in [0.3, 0.4) is 0 Å². The fourth-order valence-electron chi connectivity index (χ4n) is 5.55. The Kier molecular flexibility index (Phi) is 6.94. The van der Waals surface area contributed by atoms with Crippen molar-refractivity contribution in [2.24, 2.45) is 0 Å². The van der Waals surface area contributed by atoms with Crippen LogP contribution >= 0.6 is 0 Å². The van der Waals surface area contributed by atoms with Crippen molar-refractivity contribution in [2.75, 3.05) is 5.73 Å². The molecule has 0 fully saturated rings. The third kappa shape index (κ3) is 5.18. The normalized spacial score (nSPS) is 14.6. The largest absolute Gasteiger partial charge is 0.433 e. The predicted molar refractivity (Wildman–Crippen MR) is 157 cm³/mol. The summed E-state index contributed by atoms with van der Waals surface area (Å²) in [4.78, 5) is 30.0. The van der Waals surface area contributed by atoms with Gasteiger partial charge in [-0.1, -0.05) is 6.07 Å². The highest BCUT2D eigenvalue weighted by atomic mass is 19.4. The number of nitrogens with two attached hydrogens (primary N) is 1. The van der Waals surface area contributed by atoms with Gasteiger partial charge < -0.3 is 11.1 Å². The fraction of sp³-hybridized carbons (Fsp3) is 0.161. The number of fused-ring (bicyclic) bond motifs is 2. The molecule has 46 heavy (non-hydrogen) atoms. The Hall–Kier alpha value is -5.73. The van der Waals surface area contributed by atoms with Crippen molar-refractivity contribution < 1.29 is 26.7 Å². The number of benzene rings is 1. The number of halogens is 5. The van der Waals surface area contributed by atoms with Gasteiger partial charge in [-0.15, -0.1) is 0 Å². The van der Waals surface area contributed by atoms with E-state index in [0.29, 0.717) is 51.5 Å². The second-order valence-corrected chi connectivity index (χ2v) is 10.6. The first-order valence-electron chi connectivity index (χ1n) is 14.0. The quantitative estimate of drug-likeness (QED) is 0.211. The van der Waals surface area contributed by atoms with Crippen LogP contribution in [0.4, 0.5) is 27.8 Å². The Morgan fingerprint density at radius 3 is 2.57 bits per heavy atom. The minimum Gasteiger partial charge on any atom is -0.383 e. The zero-order chi connectivity index (χ0) is 32.2. The molecule has 1 aliphatic rings. The highest BCUT2D eigenvalue weighted by Crippen LogP contribution is 2.36. The molecule has 1 amide bonds. The number of pyridine rings is 3. The van der Waals surface area contributed by atoms with Gasteiger partial charge in [-0.2, -0.15) is 27.1 Å². The molecule has 0 bridgehead atoms. The minimum atomic E-state index is -4.60. The second kappa shape index (κ2) is 11.0. The summed E-state index contributed by atoms with van der Waals surface area (Å²) in [7, 11) is 0. The summed E-state index contributed by atoms with van der Waals surface area (Å²) in [6.45, 7) is -2.80. The smallest absolute Gasteiger partial charge is 0.383 e. The van der Waals surface area contributed by atoms with Crippen molar-refractivity contribution in [3.63, 3.8) is 0 Å². The number of nitrogens with one attached hydrogen (secondary N) is 1. The lowest BCUT2D eigenvalue weighted by Gasteiger charge is -2.16. The number of anilines is 1. The van der Waals surface area contributed by atoms with E-state index < -0.39 is 24.3 Å². The Morgan fingerprint density at radius 2 is 1.85 bits per heavy atom. The van der Waals surface area contributed by atoms with Crippen LogP contribution in [0.15, 0.2) is 79.3 Å². The number of carbonyl (C=O) groups excluding carboxylic acids is 1. The predicted octanol–water partition coefficient (Wildman–Crippen LogP) is 6.15. The summed E-state index contributed by atoms with van der Waals surface area (Å²) < 4.78 is 67.4. The molecule has 0 unspecified atom stereocenters. The molecule has 5 aromatic heterocycles. The van der Waals surface area contributed by atoms with E-state index in [9.17, 15) is 26.7 Å². The zero-order valence-electron chi connectivity index (χ0n) is 23.6. The van der Waals surface area contributed by atoms with E-state index >= 15 is 0 Å². The average Bonchev–Trinajstić information content (AvgIpc) is 3.78. The molecule has 232 valence electrons. The van der Waals surface area contributed by atoms with E-state index in [1.807, 2.05) is 18.2 Å². The Morgan fingerprint density at radius 1 is 1.00 bits per heavy atom. The first kappa shape index (κ1) is 29.0. The number of rotatable bonds is 6. The highest BCUT2D eigenvalue weighted by molar-refractivity contribution is 5.94. The van der Waals surface area contributed by atoms with Crippen molar-refractivity contribution in [1.29, 1.82) is 0 Å². The number of amides is 1. The third-order valence-electron chi connectivity index (χ3n) is 7.74. The SMILES string of the molecule is Nc1ncccc1-c1nc2ccc(-c3ccn(C(F)F)n3)nc2n1-c1ccc2c(c1)CC[C@@H]2NC(=O)c1ccc(C(F)(F)F)nc1. The number of imidazole rings is 1. The summed E-state index contributed by atoms with van der Waals surface area (Å²) in [5, 5.41) is 6.84. The van der Waals surface area contributed by atoms with E-state index in [4.69, 9.17) is 15.7 Å². The van der Waals surface area contributed by atoms with E-state index in [0.717, 1.165) is 29.5 Å². The maximum absolute atomic E-state index is 13.2. The van der Waals surface area contributed by atoms with Gasteiger partial charge in [0.15, 0.2) is 11.5 Å². The molecule has 0 spiro atoms. The molecule has 7 rings (SSSR count). The number of hydrogen-bond donors (Lipinski definition) is 2. The lowest BCUT2D eigenvalue weighted by Crippen LogP contribution is -2.27. The average molecular weight is 632 g/mol. The van der Waals surface area contributed by atoms with Crippen molar-refractivity contribution in [3.05, 3.63) is 102 Å². The van der Waals surface area contributed by atoms with Crippen molar-refractivity contribution in [1.82, 2.24) is 39.6 Å². The van der Waals surface area contributed by atoms with Crippen LogP contribution in [0.5, 0.6) is 0 Å². The van der Waals surface area contributed by atoms with Gasteiger partial charge in [0.25, 0.3) is 5.91 Å². The molecule has 6 aromatic rings. The summed E-state index contributed by atoms with van der Waals surface area (Å²) in [6, 6.07) is 15.5. The first-order valence-corrected chi connectivity index (χ1v) is 14.0. The highest BCUT2D eigenvalue weighted by Gasteiger charge is 2.33. The molecule has 0 saturated heterocycles. The number of aryl methyl sites for hydroxylation is 1. The molecule has 0 radical (unpaired) electrons. The van der Waals surface area contributed by atoms with Crippen molar-refractivity contribution >= 4 is 22.9 Å². The molecular formula is C31H22F5N9O. The van der Waals surface area contributed by atoms with E-state index in [1.165, 1.54) is 12.3 Å². The molecule has 15 heteroatoms. The van der Waals surface area contributed by atoms with Gasteiger partial charge in [0.1, 0.15) is 22.7 Å². The van der Waals surface area contributed by atoms with Crippen LogP contribution in [0.1, 0.15) is 46.2 Å². The maximum atomic E-state index is 13.2. The maximum Gasteiger partial charge on any atom is 0.433 e. The zero-order valence-corrected chi connectivity index (χ0v) is 23.6. The second-order valence-electron chi connectivity index (χ2n) is 10.6. The molecular weight excluding hydrogens is 609 g/mol. The van der Waals surface area contributed by atoms with Crippen LogP contribution in [0.2, 0.25) is 0 Å². The molecule has 1 aliphatic carbocycles. The van der Waals surface area contributed by atoms with Gasteiger partial charge in [-0.3, -0.25) is 14.3 Å². The molecule has 0 saturated carbocycles. The molecule has 5 heterocycles. The monoisotopic (exact) mass is 631 g/mol. The lowest BCUT2D eigenvalue weighted by molar-refractivity contribution is -0.141. The summed E-state index contributed by atoms with van der Waals surface area (Å²) in [5.74, 6) is 0.168. The van der Waals surface area contributed by atoms with Gasteiger partial charge in [-0.05, 0) is 78.6 Å². The van der Waals surface area contributed by atoms with E-state index in [1.54, 1.807) is 35.0 Å².